The second kappa shape index (κ2) is 7.64. The Labute approximate surface area is 142 Å². The van der Waals surface area contributed by atoms with Crippen LogP contribution in [0.5, 0.6) is 0 Å². The van der Waals surface area contributed by atoms with Crippen LogP contribution < -0.4 is 10.0 Å². The first kappa shape index (κ1) is 18.2. The van der Waals surface area contributed by atoms with Gasteiger partial charge in [-0.15, -0.1) is 0 Å². The highest BCUT2D eigenvalue weighted by Gasteiger charge is 2.29. The van der Waals surface area contributed by atoms with Gasteiger partial charge in [0.05, 0.1) is 5.25 Å². The molecular formula is C16H23ClN2O3S. The Hall–Kier alpha value is -1.11. The molecule has 23 heavy (non-hydrogen) atoms. The first-order chi connectivity index (χ1) is 10.8. The highest BCUT2D eigenvalue weighted by molar-refractivity contribution is 7.90. The van der Waals surface area contributed by atoms with Gasteiger partial charge in [-0.05, 0) is 57.7 Å². The van der Waals surface area contributed by atoms with E-state index in [1.807, 2.05) is 0 Å². The molecule has 0 radical (unpaired) electrons. The van der Waals surface area contributed by atoms with Crippen molar-refractivity contribution in [2.24, 2.45) is 5.92 Å². The van der Waals surface area contributed by atoms with Crippen molar-refractivity contribution in [1.82, 2.24) is 4.72 Å². The molecule has 5 nitrogen and oxygen atoms in total. The summed E-state index contributed by atoms with van der Waals surface area (Å²) in [7, 11) is -3.25. The lowest BCUT2D eigenvalue weighted by Gasteiger charge is -2.28. The molecule has 2 rings (SSSR count). The predicted octanol–water partition coefficient (Wildman–Crippen LogP) is 3.17. The zero-order valence-electron chi connectivity index (χ0n) is 13.4. The molecule has 0 bridgehead atoms. The molecule has 0 atom stereocenters. The van der Waals surface area contributed by atoms with Gasteiger partial charge in [-0.3, -0.25) is 4.79 Å². The van der Waals surface area contributed by atoms with Gasteiger partial charge in [-0.1, -0.05) is 17.7 Å². The average molecular weight is 359 g/mol. The second-order valence-corrected chi connectivity index (χ2v) is 8.96. The van der Waals surface area contributed by atoms with Crippen molar-refractivity contribution in [2.75, 3.05) is 5.32 Å². The third-order valence-electron chi connectivity index (χ3n) is 4.14. The molecule has 0 aromatic heterocycles. The van der Waals surface area contributed by atoms with E-state index in [1.54, 1.807) is 38.1 Å². The number of benzene rings is 1. The molecule has 0 saturated heterocycles. The predicted molar refractivity (Wildman–Crippen MR) is 93.0 cm³/mol. The molecule has 1 aliphatic carbocycles. The van der Waals surface area contributed by atoms with Crippen molar-refractivity contribution in [3.63, 3.8) is 0 Å². The van der Waals surface area contributed by atoms with Crippen molar-refractivity contribution in [3.05, 3.63) is 29.3 Å². The number of amides is 1. The van der Waals surface area contributed by atoms with E-state index in [2.05, 4.69) is 10.0 Å². The summed E-state index contributed by atoms with van der Waals surface area (Å²) in [5.74, 6) is -0.119. The molecule has 2 N–H and O–H groups in total. The van der Waals surface area contributed by atoms with E-state index in [-0.39, 0.29) is 17.9 Å². The monoisotopic (exact) mass is 358 g/mol. The van der Waals surface area contributed by atoms with Crippen molar-refractivity contribution < 1.29 is 13.2 Å². The van der Waals surface area contributed by atoms with Crippen molar-refractivity contribution in [1.29, 1.82) is 0 Å². The fourth-order valence-electron chi connectivity index (χ4n) is 2.65. The van der Waals surface area contributed by atoms with E-state index >= 15 is 0 Å². The Morgan fingerprint density at radius 2 is 1.87 bits per heavy atom. The zero-order chi connectivity index (χ0) is 17.0. The quantitative estimate of drug-likeness (QED) is 0.848. The van der Waals surface area contributed by atoms with Gasteiger partial charge >= 0.3 is 0 Å². The summed E-state index contributed by atoms with van der Waals surface area (Å²) in [5, 5.41) is 3.01. The maximum absolute atomic E-state index is 12.3. The van der Waals surface area contributed by atoms with Crippen molar-refractivity contribution in [2.45, 2.75) is 50.8 Å². The molecule has 1 aromatic rings. The first-order valence-corrected chi connectivity index (χ1v) is 9.78. The standard InChI is InChI=1S/C16H23ClN2O3S/c1-11(2)23(21,22)19-14-8-6-12(7-9-14)16(20)18-15-5-3-4-13(17)10-15/h3-5,10-12,14,19H,6-9H2,1-2H3,(H,18,20). The lowest BCUT2D eigenvalue weighted by Crippen LogP contribution is -2.42. The first-order valence-electron chi connectivity index (χ1n) is 7.85. The van der Waals surface area contributed by atoms with Gasteiger partial charge < -0.3 is 5.32 Å². The maximum atomic E-state index is 12.3. The largest absolute Gasteiger partial charge is 0.326 e. The molecular weight excluding hydrogens is 336 g/mol. The fraction of sp³-hybridized carbons (Fsp3) is 0.562. The smallest absolute Gasteiger partial charge is 0.227 e. The van der Waals surface area contributed by atoms with Crippen LogP contribution in [-0.2, 0) is 14.8 Å². The molecule has 0 unspecified atom stereocenters. The Bertz CT molecular complexity index is 653. The number of sulfonamides is 1. The topological polar surface area (TPSA) is 75.3 Å². The van der Waals surface area contributed by atoms with Gasteiger partial charge in [-0.2, -0.15) is 0 Å². The van der Waals surface area contributed by atoms with Crippen LogP contribution in [0.3, 0.4) is 0 Å². The third-order valence-corrected chi connectivity index (χ3v) is 6.28. The normalized spacial score (nSPS) is 22.1. The third kappa shape index (κ3) is 5.19. The highest BCUT2D eigenvalue weighted by atomic mass is 35.5. The van der Waals surface area contributed by atoms with Crippen LogP contribution in [0.1, 0.15) is 39.5 Å². The molecule has 1 aliphatic rings. The summed E-state index contributed by atoms with van der Waals surface area (Å²) >= 11 is 5.90. The van der Waals surface area contributed by atoms with Crippen LogP contribution in [0.25, 0.3) is 0 Å². The molecule has 1 saturated carbocycles. The van der Waals surface area contributed by atoms with Crippen LogP contribution in [-0.4, -0.2) is 25.6 Å². The maximum Gasteiger partial charge on any atom is 0.227 e. The summed E-state index contributed by atoms with van der Waals surface area (Å²) in [5.41, 5.74) is 0.685. The van der Waals surface area contributed by atoms with Crippen molar-refractivity contribution >= 4 is 33.2 Å². The molecule has 0 spiro atoms. The summed E-state index contributed by atoms with van der Waals surface area (Å²) < 4.78 is 26.5. The number of halogens is 1. The minimum absolute atomic E-state index is 0.0302. The molecule has 7 heteroatoms. The Balaban J connectivity index is 1.85. The van der Waals surface area contributed by atoms with Crippen LogP contribution in [0.4, 0.5) is 5.69 Å². The van der Waals surface area contributed by atoms with Crippen LogP contribution in [0, 0.1) is 5.92 Å². The SMILES string of the molecule is CC(C)S(=O)(=O)NC1CCC(C(=O)Nc2cccc(Cl)c2)CC1. The number of nitrogens with one attached hydrogen (secondary N) is 2. The minimum atomic E-state index is -3.25. The van der Waals surface area contributed by atoms with E-state index in [0.717, 1.165) is 0 Å². The lowest BCUT2D eigenvalue weighted by molar-refractivity contribution is -0.120. The zero-order valence-corrected chi connectivity index (χ0v) is 15.0. The van der Waals surface area contributed by atoms with Gasteiger partial charge in [0, 0.05) is 22.7 Å². The Morgan fingerprint density at radius 1 is 1.22 bits per heavy atom. The highest BCUT2D eigenvalue weighted by Crippen LogP contribution is 2.26. The van der Waals surface area contributed by atoms with Gasteiger partial charge in [0.2, 0.25) is 15.9 Å². The molecule has 128 valence electrons. The lowest BCUT2D eigenvalue weighted by atomic mass is 9.86. The van der Waals surface area contributed by atoms with Crippen LogP contribution in [0.15, 0.2) is 24.3 Å². The minimum Gasteiger partial charge on any atom is -0.326 e. The van der Waals surface area contributed by atoms with E-state index in [9.17, 15) is 13.2 Å². The van der Waals surface area contributed by atoms with Crippen LogP contribution in [0.2, 0.25) is 5.02 Å². The van der Waals surface area contributed by atoms with Gasteiger partial charge in [0.15, 0.2) is 0 Å². The van der Waals surface area contributed by atoms with E-state index in [1.165, 1.54) is 0 Å². The van der Waals surface area contributed by atoms with Crippen molar-refractivity contribution in [3.8, 4) is 0 Å². The molecule has 0 heterocycles. The Morgan fingerprint density at radius 3 is 2.43 bits per heavy atom. The van der Waals surface area contributed by atoms with E-state index < -0.39 is 15.3 Å². The number of hydrogen-bond acceptors (Lipinski definition) is 3. The summed E-state index contributed by atoms with van der Waals surface area (Å²) in [6, 6.07) is 6.98. The summed E-state index contributed by atoms with van der Waals surface area (Å²) in [6.07, 6.45) is 2.72. The summed E-state index contributed by atoms with van der Waals surface area (Å²) in [6.45, 7) is 3.32. The van der Waals surface area contributed by atoms with Gasteiger partial charge in [0.1, 0.15) is 0 Å². The molecule has 1 fully saturated rings. The molecule has 0 aliphatic heterocycles. The number of carbonyl (C=O) groups excluding carboxylic acids is 1. The average Bonchev–Trinajstić information content (AvgIpc) is 2.47. The number of carbonyl (C=O) groups is 1. The van der Waals surface area contributed by atoms with E-state index in [0.29, 0.717) is 36.4 Å². The van der Waals surface area contributed by atoms with Crippen LogP contribution >= 0.6 is 11.6 Å². The molecule has 1 aromatic carbocycles. The fourth-order valence-corrected chi connectivity index (χ4v) is 3.82. The number of anilines is 1. The molecule has 1 amide bonds. The number of rotatable bonds is 5. The Kier molecular flexibility index (Phi) is 6.06. The van der Waals surface area contributed by atoms with Gasteiger partial charge in [0.25, 0.3) is 0 Å². The van der Waals surface area contributed by atoms with E-state index in [4.69, 9.17) is 11.6 Å². The number of hydrogen-bond donors (Lipinski definition) is 2. The van der Waals surface area contributed by atoms with Gasteiger partial charge in [-0.25, -0.2) is 13.1 Å². The second-order valence-electron chi connectivity index (χ2n) is 6.26. The summed E-state index contributed by atoms with van der Waals surface area (Å²) in [4.78, 5) is 12.3.